The van der Waals surface area contributed by atoms with Gasteiger partial charge in [-0.2, -0.15) is 0 Å². The normalized spacial score (nSPS) is 11.3. The van der Waals surface area contributed by atoms with Gasteiger partial charge in [-0.05, 0) is 0 Å². The first kappa shape index (κ1) is 17.3. The van der Waals surface area contributed by atoms with E-state index in [-0.39, 0.29) is 10.0 Å². The Labute approximate surface area is 141 Å². The van der Waals surface area contributed by atoms with Crippen molar-refractivity contribution in [2.75, 3.05) is 3.16 Å². The van der Waals surface area contributed by atoms with Gasteiger partial charge in [-0.25, -0.2) is 0 Å². The van der Waals surface area contributed by atoms with Crippen molar-refractivity contribution in [2.24, 2.45) is 0 Å². The van der Waals surface area contributed by atoms with Crippen LogP contribution in [0.15, 0.2) is 6.07 Å². The third kappa shape index (κ3) is 4.68. The number of nitrogens with zero attached hydrogens (tertiary/aromatic N) is 1. The summed E-state index contributed by atoms with van der Waals surface area (Å²) in [5.41, 5.74) is 0.552. The van der Waals surface area contributed by atoms with Crippen molar-refractivity contribution in [1.29, 1.82) is 0 Å². The second-order valence-electron chi connectivity index (χ2n) is 4.57. The summed E-state index contributed by atoms with van der Waals surface area (Å²) in [4.78, 5) is 0. The van der Waals surface area contributed by atoms with Gasteiger partial charge < -0.3 is 0 Å². The third-order valence-electron chi connectivity index (χ3n) is 1.96. The van der Waals surface area contributed by atoms with Crippen molar-refractivity contribution >= 4 is 72.2 Å². The van der Waals surface area contributed by atoms with Crippen LogP contribution >= 0.6 is 58.2 Å². The molecule has 0 atom stereocenters. The van der Waals surface area contributed by atoms with Crippen molar-refractivity contribution in [3.05, 3.63) is 26.2 Å². The van der Waals surface area contributed by atoms with E-state index in [1.54, 1.807) is 6.07 Å². The zero-order valence-electron chi connectivity index (χ0n) is 10.0. The number of rotatable bonds is 4. The summed E-state index contributed by atoms with van der Waals surface area (Å²) in [5, 5.41) is 1.06. The summed E-state index contributed by atoms with van der Waals surface area (Å²) >= 11 is 28.5. The van der Waals surface area contributed by atoms with Gasteiger partial charge in [0.15, 0.2) is 0 Å². The summed E-state index contributed by atoms with van der Waals surface area (Å²) in [7, 11) is -1.59. The molecule has 0 radical (unpaired) electrons. The van der Waals surface area contributed by atoms with Gasteiger partial charge >= 0.3 is 142 Å². The number of anilines is 1. The Hall–Kier alpha value is 1.27. The zero-order chi connectivity index (χ0) is 14.1. The standard InChI is InChI=1S/C6HCl5N.C3H9OSi.Zn/c7-2-1-3(12-11)5(9)6(10)4(2)8;1-5(2,3)4;/h1H;1-3H3;/q2*-1;+2. The molecule has 0 N–H and O–H groups in total. The number of hydrogen-bond donors (Lipinski definition) is 0. The summed E-state index contributed by atoms with van der Waals surface area (Å²) in [6.07, 6.45) is 0. The molecule has 0 spiro atoms. The molecular formula is C9H10Cl5NOSiZn. The quantitative estimate of drug-likeness (QED) is 0.256. The van der Waals surface area contributed by atoms with E-state index in [1.807, 2.05) is 0 Å². The van der Waals surface area contributed by atoms with Crippen LogP contribution in [0, 0.1) is 0 Å². The number of benzene rings is 1. The monoisotopic (exact) mass is 415 g/mol. The SMILES string of the molecule is C[Si](C)(C)[O][Zn][N](Cl)c1cc(Cl)c(Cl)c(Cl)c1Cl. The van der Waals surface area contributed by atoms with Crippen LogP contribution in [-0.4, -0.2) is 8.32 Å². The predicted molar refractivity (Wildman–Crippen MR) is 79.2 cm³/mol. The van der Waals surface area contributed by atoms with E-state index in [9.17, 15) is 0 Å². The maximum absolute atomic E-state index is 6.18. The number of halogens is 5. The molecule has 0 aromatic heterocycles. The molecule has 1 rings (SSSR count). The second kappa shape index (κ2) is 6.82. The van der Waals surface area contributed by atoms with Crippen molar-refractivity contribution in [2.45, 2.75) is 19.6 Å². The molecule has 0 unspecified atom stereocenters. The minimum atomic E-state index is -1.59. The first-order chi connectivity index (χ1) is 8.13. The average molecular weight is 419 g/mol. The maximum atomic E-state index is 6.18. The van der Waals surface area contributed by atoms with Crippen LogP contribution < -0.4 is 3.16 Å². The molecule has 18 heavy (non-hydrogen) atoms. The van der Waals surface area contributed by atoms with Gasteiger partial charge in [0.1, 0.15) is 0 Å². The molecule has 98 valence electrons. The van der Waals surface area contributed by atoms with Gasteiger partial charge in [-0.3, -0.25) is 0 Å². The molecule has 1 aromatic carbocycles. The summed E-state index contributed by atoms with van der Waals surface area (Å²) in [5.74, 6) is 0. The summed E-state index contributed by atoms with van der Waals surface area (Å²) in [6, 6.07) is 1.60. The van der Waals surface area contributed by atoms with Gasteiger partial charge in [-0.15, -0.1) is 0 Å². The van der Waals surface area contributed by atoms with Gasteiger partial charge in [0, 0.05) is 0 Å². The van der Waals surface area contributed by atoms with Crippen LogP contribution in [0.1, 0.15) is 0 Å². The predicted octanol–water partition coefficient (Wildman–Crippen LogP) is 6.02. The van der Waals surface area contributed by atoms with Gasteiger partial charge in [0.25, 0.3) is 0 Å². The van der Waals surface area contributed by atoms with Crippen LogP contribution in [0.4, 0.5) is 5.69 Å². The Bertz CT molecular complexity index is 454. The second-order valence-corrected chi connectivity index (χ2v) is 15.6. The van der Waals surface area contributed by atoms with Crippen molar-refractivity contribution in [3.63, 3.8) is 0 Å². The molecule has 0 saturated carbocycles. The molecule has 1 aromatic rings. The summed E-state index contributed by atoms with van der Waals surface area (Å²) < 4.78 is 7.37. The van der Waals surface area contributed by atoms with Gasteiger partial charge in [0.2, 0.25) is 0 Å². The Morgan fingerprint density at radius 1 is 1.06 bits per heavy atom. The van der Waals surface area contributed by atoms with Gasteiger partial charge in [0.05, 0.1) is 0 Å². The fourth-order valence-electron chi connectivity index (χ4n) is 1.06. The third-order valence-corrected chi connectivity index (χ3v) is 12.8. The Morgan fingerprint density at radius 3 is 2.11 bits per heavy atom. The van der Waals surface area contributed by atoms with E-state index in [2.05, 4.69) is 19.6 Å². The van der Waals surface area contributed by atoms with E-state index in [1.165, 1.54) is 3.16 Å². The summed E-state index contributed by atoms with van der Waals surface area (Å²) in [6.45, 7) is 6.31. The van der Waals surface area contributed by atoms with Crippen molar-refractivity contribution in [1.82, 2.24) is 0 Å². The molecule has 0 amide bonds. The molecular weight excluding hydrogens is 409 g/mol. The van der Waals surface area contributed by atoms with Crippen LogP contribution in [-0.2, 0) is 21.0 Å². The molecule has 0 heterocycles. The first-order valence-corrected chi connectivity index (χ1v) is 12.8. The van der Waals surface area contributed by atoms with Crippen LogP contribution in [0.3, 0.4) is 0 Å². The Balaban J connectivity index is 2.96. The minimum absolute atomic E-state index is 0.210. The van der Waals surface area contributed by atoms with Crippen LogP contribution in [0.25, 0.3) is 0 Å². The Kier molecular flexibility index (Phi) is 6.56. The topological polar surface area (TPSA) is 12.5 Å². The molecule has 0 aliphatic rings. The van der Waals surface area contributed by atoms with E-state index < -0.39 is 26.0 Å². The van der Waals surface area contributed by atoms with E-state index >= 15 is 0 Å². The van der Waals surface area contributed by atoms with Crippen molar-refractivity contribution < 1.29 is 21.0 Å². The van der Waals surface area contributed by atoms with Crippen molar-refractivity contribution in [3.8, 4) is 0 Å². The fraction of sp³-hybridized carbons (Fsp3) is 0.333. The van der Waals surface area contributed by atoms with E-state index in [0.717, 1.165) is 0 Å². The zero-order valence-corrected chi connectivity index (χ0v) is 17.8. The molecule has 0 saturated heterocycles. The van der Waals surface area contributed by atoms with E-state index in [4.69, 9.17) is 61.4 Å². The molecule has 0 aliphatic carbocycles. The fourth-order valence-corrected chi connectivity index (χ4v) is 7.56. The van der Waals surface area contributed by atoms with Crippen LogP contribution in [0.2, 0.25) is 39.7 Å². The number of hydrogen-bond acceptors (Lipinski definition) is 2. The average Bonchev–Trinajstić information content (AvgIpc) is 2.27. The molecule has 0 bridgehead atoms. The van der Waals surface area contributed by atoms with E-state index in [0.29, 0.717) is 15.7 Å². The Morgan fingerprint density at radius 2 is 1.61 bits per heavy atom. The molecule has 0 aliphatic heterocycles. The molecule has 2 nitrogen and oxygen atoms in total. The van der Waals surface area contributed by atoms with Gasteiger partial charge in [-0.1, -0.05) is 0 Å². The molecule has 9 heteroatoms. The first-order valence-electron chi connectivity index (χ1n) is 5.03. The van der Waals surface area contributed by atoms with Crippen LogP contribution in [0.5, 0.6) is 0 Å². The molecule has 0 fully saturated rings.